The van der Waals surface area contributed by atoms with Gasteiger partial charge in [-0.25, -0.2) is 8.42 Å². The molecule has 0 fully saturated rings. The maximum Gasteiger partial charge on any atom is 0.323 e. The van der Waals surface area contributed by atoms with Crippen molar-refractivity contribution in [1.82, 2.24) is 4.89 Å². The van der Waals surface area contributed by atoms with Gasteiger partial charge in [0.15, 0.2) is 0 Å². The Labute approximate surface area is 129 Å². The van der Waals surface area contributed by atoms with Crippen molar-refractivity contribution < 1.29 is 18.0 Å². The van der Waals surface area contributed by atoms with Gasteiger partial charge in [0.05, 0.1) is 4.90 Å². The minimum Gasteiger partial charge on any atom is -0.356 e. The van der Waals surface area contributed by atoms with Crippen molar-refractivity contribution in [2.24, 2.45) is 0 Å². The van der Waals surface area contributed by atoms with Crippen LogP contribution in [-0.2, 0) is 19.7 Å². The summed E-state index contributed by atoms with van der Waals surface area (Å²) in [5, 5.41) is 3.15. The fraction of sp³-hybridized carbons (Fsp3) is 0.133. The smallest absolute Gasteiger partial charge is 0.323 e. The van der Waals surface area contributed by atoms with Crippen LogP contribution in [0.15, 0.2) is 53.4 Å². The number of anilines is 2. The molecule has 0 saturated heterocycles. The number of carbonyl (C=O) groups is 1. The van der Waals surface area contributed by atoms with E-state index in [-0.39, 0.29) is 4.90 Å². The summed E-state index contributed by atoms with van der Waals surface area (Å²) in [5.74, 6) is -0.738. The molecule has 116 valence electrons. The summed E-state index contributed by atoms with van der Waals surface area (Å²) in [4.78, 5) is 16.9. The molecule has 0 atom stereocenters. The van der Waals surface area contributed by atoms with Crippen molar-refractivity contribution in [3.8, 4) is 0 Å². The van der Waals surface area contributed by atoms with E-state index in [1.807, 2.05) is 37.3 Å². The summed E-state index contributed by atoms with van der Waals surface area (Å²) in [6, 6.07) is 14.0. The van der Waals surface area contributed by atoms with Crippen LogP contribution in [0, 0.1) is 6.92 Å². The van der Waals surface area contributed by atoms with Crippen molar-refractivity contribution in [1.29, 1.82) is 0 Å². The van der Waals surface area contributed by atoms with Crippen molar-refractivity contribution in [2.45, 2.75) is 18.7 Å². The number of carbonyl (C=O) groups excluding carboxylic acids is 1. The van der Waals surface area contributed by atoms with Crippen molar-refractivity contribution in [2.75, 3.05) is 5.32 Å². The van der Waals surface area contributed by atoms with Crippen LogP contribution >= 0.6 is 0 Å². The van der Waals surface area contributed by atoms with Crippen LogP contribution in [0.3, 0.4) is 0 Å². The van der Waals surface area contributed by atoms with Crippen LogP contribution in [0.2, 0.25) is 0 Å². The highest BCUT2D eigenvalue weighted by atomic mass is 32.2. The number of sulfonamides is 1. The average Bonchev–Trinajstić information content (AvgIpc) is 2.48. The number of aryl methyl sites for hydroxylation is 1. The van der Waals surface area contributed by atoms with Gasteiger partial charge in [-0.2, -0.15) is 0 Å². The first-order chi connectivity index (χ1) is 10.4. The molecule has 0 heterocycles. The third-order valence-corrected chi connectivity index (χ3v) is 4.04. The SMILES string of the molecule is CC(=O)ONS(=O)(=O)c1ccc(C)c(Nc2ccccc2)c1. The van der Waals surface area contributed by atoms with Crippen LogP contribution in [-0.4, -0.2) is 14.4 Å². The van der Waals surface area contributed by atoms with E-state index in [2.05, 4.69) is 10.2 Å². The molecule has 7 heteroatoms. The molecule has 0 spiro atoms. The van der Waals surface area contributed by atoms with Crippen LogP contribution in [0.1, 0.15) is 12.5 Å². The van der Waals surface area contributed by atoms with Crippen molar-refractivity contribution >= 4 is 27.4 Å². The Morgan fingerprint density at radius 1 is 1.09 bits per heavy atom. The molecule has 2 aromatic rings. The van der Waals surface area contributed by atoms with Gasteiger partial charge in [-0.3, -0.25) is 4.79 Å². The highest BCUT2D eigenvalue weighted by Crippen LogP contribution is 2.23. The third kappa shape index (κ3) is 4.06. The zero-order valence-corrected chi connectivity index (χ0v) is 13.0. The van der Waals surface area contributed by atoms with E-state index < -0.39 is 16.0 Å². The molecular formula is C15H16N2O4S. The number of benzene rings is 2. The Hall–Kier alpha value is -2.38. The van der Waals surface area contributed by atoms with Crippen LogP contribution in [0.5, 0.6) is 0 Å². The van der Waals surface area contributed by atoms with Gasteiger partial charge in [0.1, 0.15) is 0 Å². The molecule has 0 radical (unpaired) electrons. The molecule has 0 amide bonds. The predicted octanol–water partition coefficient (Wildman–Crippen LogP) is 2.50. The summed E-state index contributed by atoms with van der Waals surface area (Å²) in [7, 11) is -3.92. The number of rotatable bonds is 5. The lowest BCUT2D eigenvalue weighted by atomic mass is 10.2. The van der Waals surface area contributed by atoms with Gasteiger partial charge >= 0.3 is 5.97 Å². The number of hydrogen-bond donors (Lipinski definition) is 2. The van der Waals surface area contributed by atoms with E-state index in [4.69, 9.17) is 0 Å². The Balaban J connectivity index is 2.28. The van der Waals surface area contributed by atoms with E-state index in [1.165, 1.54) is 12.1 Å². The molecule has 22 heavy (non-hydrogen) atoms. The molecule has 0 aliphatic rings. The third-order valence-electron chi connectivity index (χ3n) is 2.87. The topological polar surface area (TPSA) is 84.5 Å². The van der Waals surface area contributed by atoms with Gasteiger partial charge in [-0.05, 0) is 41.6 Å². The molecule has 0 unspecified atom stereocenters. The summed E-state index contributed by atoms with van der Waals surface area (Å²) in [5.41, 5.74) is 2.38. The van der Waals surface area contributed by atoms with Crippen LogP contribution in [0.4, 0.5) is 11.4 Å². The summed E-state index contributed by atoms with van der Waals surface area (Å²) in [6.07, 6.45) is 0. The van der Waals surface area contributed by atoms with Gasteiger partial charge in [-0.1, -0.05) is 24.3 Å². The standard InChI is InChI=1S/C15H16N2O4S/c1-11-8-9-14(22(19,20)17-21-12(2)18)10-15(11)16-13-6-4-3-5-7-13/h3-10,16-17H,1-2H3. The Bertz CT molecular complexity index is 773. The Kier molecular flexibility index (Phi) is 4.79. The molecule has 2 aromatic carbocycles. The Morgan fingerprint density at radius 2 is 1.77 bits per heavy atom. The first-order valence-electron chi connectivity index (χ1n) is 6.50. The van der Waals surface area contributed by atoms with E-state index >= 15 is 0 Å². The maximum atomic E-state index is 12.0. The predicted molar refractivity (Wildman–Crippen MR) is 83.0 cm³/mol. The largest absolute Gasteiger partial charge is 0.356 e. The second kappa shape index (κ2) is 6.59. The first-order valence-corrected chi connectivity index (χ1v) is 7.99. The van der Waals surface area contributed by atoms with Gasteiger partial charge in [0.2, 0.25) is 0 Å². The van der Waals surface area contributed by atoms with E-state index in [1.54, 1.807) is 11.0 Å². The molecular weight excluding hydrogens is 304 g/mol. The molecule has 0 aliphatic carbocycles. The molecule has 0 saturated carbocycles. The summed E-state index contributed by atoms with van der Waals surface area (Å²) >= 11 is 0. The normalized spacial score (nSPS) is 11.0. The van der Waals surface area contributed by atoms with E-state index in [9.17, 15) is 13.2 Å². The van der Waals surface area contributed by atoms with Crippen molar-refractivity contribution in [3.05, 3.63) is 54.1 Å². The lowest BCUT2D eigenvalue weighted by Gasteiger charge is -2.12. The molecule has 0 aromatic heterocycles. The maximum absolute atomic E-state index is 12.0. The fourth-order valence-electron chi connectivity index (χ4n) is 1.74. The second-order valence-electron chi connectivity index (χ2n) is 4.65. The molecule has 2 N–H and O–H groups in total. The average molecular weight is 320 g/mol. The van der Waals surface area contributed by atoms with Gasteiger partial charge in [0.25, 0.3) is 10.0 Å². The van der Waals surface area contributed by atoms with Gasteiger partial charge in [-0.15, -0.1) is 0 Å². The van der Waals surface area contributed by atoms with Crippen LogP contribution < -0.4 is 10.2 Å². The monoisotopic (exact) mass is 320 g/mol. The summed E-state index contributed by atoms with van der Waals surface area (Å²) < 4.78 is 24.1. The van der Waals surface area contributed by atoms with Gasteiger partial charge < -0.3 is 10.2 Å². The fourth-order valence-corrected chi connectivity index (χ4v) is 2.59. The number of hydrogen-bond acceptors (Lipinski definition) is 5. The first kappa shape index (κ1) is 16.0. The molecule has 6 nitrogen and oxygen atoms in total. The minimum absolute atomic E-state index is 0.00205. The highest BCUT2D eigenvalue weighted by Gasteiger charge is 2.17. The minimum atomic E-state index is -3.92. The molecule has 0 aliphatic heterocycles. The summed E-state index contributed by atoms with van der Waals surface area (Å²) in [6.45, 7) is 2.97. The van der Waals surface area contributed by atoms with Crippen molar-refractivity contribution in [3.63, 3.8) is 0 Å². The van der Waals surface area contributed by atoms with Gasteiger partial charge in [0, 0.05) is 18.3 Å². The zero-order chi connectivity index (χ0) is 16.2. The second-order valence-corrected chi connectivity index (χ2v) is 6.29. The lowest BCUT2D eigenvalue weighted by molar-refractivity contribution is -0.144. The molecule has 0 bridgehead atoms. The highest BCUT2D eigenvalue weighted by molar-refractivity contribution is 7.89. The zero-order valence-electron chi connectivity index (χ0n) is 12.2. The lowest BCUT2D eigenvalue weighted by Crippen LogP contribution is -2.26. The Morgan fingerprint density at radius 3 is 2.41 bits per heavy atom. The van der Waals surface area contributed by atoms with E-state index in [0.29, 0.717) is 5.69 Å². The number of nitrogens with one attached hydrogen (secondary N) is 2. The van der Waals surface area contributed by atoms with Crippen LogP contribution in [0.25, 0.3) is 0 Å². The quantitative estimate of drug-likeness (QED) is 0.827. The van der Waals surface area contributed by atoms with E-state index in [0.717, 1.165) is 18.2 Å². The molecule has 2 rings (SSSR count). The number of para-hydroxylation sites is 1.